The predicted molar refractivity (Wildman–Crippen MR) is 127 cm³/mol. The zero-order chi connectivity index (χ0) is 29.2. The van der Waals surface area contributed by atoms with Crippen LogP contribution < -0.4 is 5.69 Å². The Labute approximate surface area is 225 Å². The van der Waals surface area contributed by atoms with Crippen molar-refractivity contribution in [3.05, 3.63) is 75.9 Å². The molecule has 0 fully saturated rings. The zero-order valence-corrected chi connectivity index (χ0v) is 20.8. The van der Waals surface area contributed by atoms with Crippen molar-refractivity contribution < 1.29 is 36.2 Å². The maximum Gasteiger partial charge on any atom is 0.416 e. The molecule has 0 saturated heterocycles. The van der Waals surface area contributed by atoms with Gasteiger partial charge in [-0.1, -0.05) is 11.6 Å². The molecule has 1 atom stereocenters. The van der Waals surface area contributed by atoms with Gasteiger partial charge in [0.15, 0.2) is 17.8 Å². The summed E-state index contributed by atoms with van der Waals surface area (Å²) in [5.41, 5.74) is -0.404. The van der Waals surface area contributed by atoms with E-state index in [1.807, 2.05) is 0 Å². The molecule has 0 aliphatic heterocycles. The fraction of sp³-hybridized carbons (Fsp3) is 0.304. The first-order chi connectivity index (χ1) is 18.7. The number of ketones is 1. The summed E-state index contributed by atoms with van der Waals surface area (Å²) < 4.78 is 79.5. The van der Waals surface area contributed by atoms with Crippen molar-refractivity contribution in [2.45, 2.75) is 44.4 Å². The lowest BCUT2D eigenvalue weighted by Crippen LogP contribution is -2.37. The van der Waals surface area contributed by atoms with Gasteiger partial charge < -0.3 is 5.11 Å². The minimum atomic E-state index is -5.00. The van der Waals surface area contributed by atoms with Crippen molar-refractivity contribution in [2.24, 2.45) is 0 Å². The Kier molecular flexibility index (Phi) is 8.11. The van der Waals surface area contributed by atoms with Gasteiger partial charge in [0, 0.05) is 23.2 Å². The molecule has 0 amide bonds. The monoisotopic (exact) mass is 589 g/mol. The second-order valence-corrected chi connectivity index (χ2v) is 8.99. The Balaban J connectivity index is 1.64. The minimum Gasteiger partial charge on any atom is -0.382 e. The number of benzene rings is 1. The number of aliphatic hydroxyl groups excluding tert-OH is 1. The van der Waals surface area contributed by atoms with Gasteiger partial charge in [0.2, 0.25) is 0 Å². The highest BCUT2D eigenvalue weighted by Crippen LogP contribution is 2.25. The molecule has 4 rings (SSSR count). The number of carbonyl (C=O) groups is 1. The predicted octanol–water partition coefficient (Wildman–Crippen LogP) is 3.38. The van der Waals surface area contributed by atoms with Crippen LogP contribution in [0.2, 0.25) is 5.02 Å². The topological polar surface area (TPSA) is 121 Å². The highest BCUT2D eigenvalue weighted by atomic mass is 35.5. The average molecular weight is 590 g/mol. The molecule has 0 spiro atoms. The molecule has 10 nitrogen and oxygen atoms in total. The second kappa shape index (κ2) is 11.2. The Bertz CT molecular complexity index is 1560. The molecule has 4 aromatic rings. The first-order valence-electron chi connectivity index (χ1n) is 11.3. The molecule has 3 heterocycles. The summed E-state index contributed by atoms with van der Waals surface area (Å²) in [6.07, 6.45) is -11.0. The van der Waals surface area contributed by atoms with E-state index in [4.69, 9.17) is 11.6 Å². The van der Waals surface area contributed by atoms with E-state index in [9.17, 15) is 41.0 Å². The van der Waals surface area contributed by atoms with Crippen LogP contribution in [0.15, 0.2) is 53.8 Å². The summed E-state index contributed by atoms with van der Waals surface area (Å²) in [5.74, 6) is -1.29. The van der Waals surface area contributed by atoms with Gasteiger partial charge in [-0.3, -0.25) is 14.3 Å². The van der Waals surface area contributed by atoms with Crippen LogP contribution in [-0.4, -0.2) is 63.4 Å². The van der Waals surface area contributed by atoms with E-state index < -0.39 is 55.9 Å². The zero-order valence-electron chi connectivity index (χ0n) is 20.1. The Morgan fingerprint density at radius 3 is 2.40 bits per heavy atom. The van der Waals surface area contributed by atoms with Crippen molar-refractivity contribution in [2.75, 3.05) is 0 Å². The number of carbonyl (C=O) groups excluding carboxylic acids is 1. The number of nitrogens with zero attached hydrogens (tertiary/aromatic N) is 7. The van der Waals surface area contributed by atoms with Gasteiger partial charge in [0.25, 0.3) is 0 Å². The number of alkyl halides is 6. The summed E-state index contributed by atoms with van der Waals surface area (Å²) in [5, 5.41) is 18.2. The van der Waals surface area contributed by atoms with Gasteiger partial charge in [-0.05, 0) is 35.9 Å². The van der Waals surface area contributed by atoms with Crippen LogP contribution in [0, 0.1) is 0 Å². The van der Waals surface area contributed by atoms with E-state index in [2.05, 4.69) is 20.2 Å². The molecule has 0 aliphatic carbocycles. The molecular weight excluding hydrogens is 572 g/mol. The SMILES string of the molecule is O=C(Cc1ccncc1-n1cnc(Cn2nc(-c3ccc(Cl)cc3)n(C[C@H](O)C(F)(F)F)c2=O)n1)CC(F)(F)F. The maximum absolute atomic E-state index is 13.0. The van der Waals surface area contributed by atoms with Gasteiger partial charge in [-0.25, -0.2) is 19.1 Å². The lowest BCUT2D eigenvalue weighted by Gasteiger charge is -2.15. The number of rotatable bonds is 9. The smallest absolute Gasteiger partial charge is 0.382 e. The fourth-order valence-electron chi connectivity index (χ4n) is 3.69. The van der Waals surface area contributed by atoms with Gasteiger partial charge in [0.05, 0.1) is 18.4 Å². The van der Waals surface area contributed by atoms with Crippen LogP contribution in [0.5, 0.6) is 0 Å². The molecule has 1 aromatic carbocycles. The molecule has 0 radical (unpaired) electrons. The van der Waals surface area contributed by atoms with Crippen LogP contribution in [0.3, 0.4) is 0 Å². The lowest BCUT2D eigenvalue weighted by atomic mass is 10.1. The second-order valence-electron chi connectivity index (χ2n) is 8.56. The molecule has 0 aliphatic rings. The molecule has 0 saturated carbocycles. The molecule has 3 aromatic heterocycles. The summed E-state index contributed by atoms with van der Waals surface area (Å²) >= 11 is 5.87. The number of Topliss-reactive ketones (excluding diaryl/α,β-unsaturated/α-hetero) is 1. The number of aliphatic hydroxyl groups is 1. The Morgan fingerprint density at radius 2 is 1.75 bits per heavy atom. The Hall–Kier alpha value is -4.05. The average Bonchev–Trinajstić information content (AvgIpc) is 3.43. The molecular formula is C23H18ClF6N7O3. The van der Waals surface area contributed by atoms with Crippen LogP contribution >= 0.6 is 11.6 Å². The molecule has 40 heavy (non-hydrogen) atoms. The van der Waals surface area contributed by atoms with Crippen LogP contribution in [-0.2, 0) is 24.3 Å². The van der Waals surface area contributed by atoms with E-state index in [-0.39, 0.29) is 28.5 Å². The van der Waals surface area contributed by atoms with E-state index in [0.717, 1.165) is 9.36 Å². The largest absolute Gasteiger partial charge is 0.416 e. The van der Waals surface area contributed by atoms with Gasteiger partial charge in [-0.2, -0.15) is 26.3 Å². The van der Waals surface area contributed by atoms with Crippen molar-refractivity contribution >= 4 is 17.4 Å². The van der Waals surface area contributed by atoms with E-state index in [0.29, 0.717) is 9.59 Å². The molecule has 17 heteroatoms. The standard InChI is InChI=1S/C23H18ClF6N7O3/c24-15-3-1-13(2-4-15)20-34-36(21(40)35(20)10-18(39)23(28,29)30)11-19-32-12-37(33-19)17-9-31-6-5-14(17)7-16(38)8-22(25,26)27/h1-6,9,12,18,39H,7-8,10-11H2/t18-/m0/s1. The number of hydrogen-bond acceptors (Lipinski definition) is 7. The first kappa shape index (κ1) is 28.9. The van der Waals surface area contributed by atoms with Gasteiger partial charge >= 0.3 is 18.0 Å². The maximum atomic E-state index is 13.0. The summed E-state index contributed by atoms with van der Waals surface area (Å²) in [4.78, 5) is 32.8. The third-order valence-corrected chi connectivity index (χ3v) is 5.76. The fourth-order valence-corrected chi connectivity index (χ4v) is 3.81. The van der Waals surface area contributed by atoms with Crippen molar-refractivity contribution in [1.82, 2.24) is 34.1 Å². The summed E-state index contributed by atoms with van der Waals surface area (Å²) in [6.45, 7) is -1.54. The highest BCUT2D eigenvalue weighted by Gasteiger charge is 2.39. The molecule has 0 bridgehead atoms. The lowest BCUT2D eigenvalue weighted by molar-refractivity contribution is -0.207. The molecule has 212 valence electrons. The van der Waals surface area contributed by atoms with E-state index in [1.165, 1.54) is 49.1 Å². The normalized spacial score (nSPS) is 13.0. The quantitative estimate of drug-likeness (QED) is 0.297. The Morgan fingerprint density at radius 1 is 1.05 bits per heavy atom. The molecule has 1 N–H and O–H groups in total. The van der Waals surface area contributed by atoms with Crippen molar-refractivity contribution in [1.29, 1.82) is 0 Å². The van der Waals surface area contributed by atoms with Crippen LogP contribution in [0.1, 0.15) is 17.8 Å². The van der Waals surface area contributed by atoms with Crippen LogP contribution in [0.25, 0.3) is 17.1 Å². The van der Waals surface area contributed by atoms with Crippen LogP contribution in [0.4, 0.5) is 26.3 Å². The molecule has 0 unspecified atom stereocenters. The van der Waals surface area contributed by atoms with Gasteiger partial charge in [0.1, 0.15) is 25.1 Å². The third kappa shape index (κ3) is 6.93. The summed E-state index contributed by atoms with van der Waals surface area (Å²) in [6, 6.07) is 7.10. The number of hydrogen-bond donors (Lipinski definition) is 1. The summed E-state index contributed by atoms with van der Waals surface area (Å²) in [7, 11) is 0. The first-order valence-corrected chi connectivity index (χ1v) is 11.7. The number of pyridine rings is 1. The van der Waals surface area contributed by atoms with E-state index in [1.54, 1.807) is 0 Å². The third-order valence-electron chi connectivity index (χ3n) is 5.51. The van der Waals surface area contributed by atoms with Crippen molar-refractivity contribution in [3.63, 3.8) is 0 Å². The minimum absolute atomic E-state index is 0.0396. The number of aromatic nitrogens is 7. The highest BCUT2D eigenvalue weighted by molar-refractivity contribution is 6.30. The van der Waals surface area contributed by atoms with E-state index >= 15 is 0 Å². The van der Waals surface area contributed by atoms with Gasteiger partial charge in [-0.15, -0.1) is 10.2 Å². The van der Waals surface area contributed by atoms with Crippen molar-refractivity contribution in [3.8, 4) is 17.1 Å². The number of halogens is 7.